The molecule has 7 heteroatoms. The van der Waals surface area contributed by atoms with Crippen LogP contribution in [0.5, 0.6) is 0 Å². The molecule has 1 aromatic carbocycles. The molecule has 0 bridgehead atoms. The molecule has 1 spiro atoms. The second kappa shape index (κ2) is 8.03. The van der Waals surface area contributed by atoms with E-state index in [9.17, 15) is 13.2 Å². The summed E-state index contributed by atoms with van der Waals surface area (Å²) >= 11 is 0. The zero-order chi connectivity index (χ0) is 20.5. The van der Waals surface area contributed by atoms with Gasteiger partial charge in [-0.25, -0.2) is 8.42 Å². The highest BCUT2D eigenvalue weighted by Crippen LogP contribution is 2.34. The van der Waals surface area contributed by atoms with Crippen LogP contribution in [0.25, 0.3) is 6.08 Å². The van der Waals surface area contributed by atoms with Crippen molar-refractivity contribution in [2.24, 2.45) is 10.9 Å². The third-order valence-electron chi connectivity index (χ3n) is 6.51. The maximum absolute atomic E-state index is 12.8. The summed E-state index contributed by atoms with van der Waals surface area (Å²) in [6.07, 6.45) is 8.32. The molecular formula is C22H29N3O3S. The summed E-state index contributed by atoms with van der Waals surface area (Å²) in [6.45, 7) is 2.59. The fourth-order valence-electron chi connectivity index (χ4n) is 4.58. The van der Waals surface area contributed by atoms with Gasteiger partial charge in [0.1, 0.15) is 11.4 Å². The van der Waals surface area contributed by atoms with Gasteiger partial charge in [0.15, 0.2) is 0 Å². The summed E-state index contributed by atoms with van der Waals surface area (Å²) in [5.41, 5.74) is 1.14. The lowest BCUT2D eigenvalue weighted by molar-refractivity contribution is -0.124. The predicted octanol–water partition coefficient (Wildman–Crippen LogP) is 3.24. The van der Waals surface area contributed by atoms with Gasteiger partial charge in [-0.1, -0.05) is 43.5 Å². The Morgan fingerprint density at radius 2 is 1.83 bits per heavy atom. The van der Waals surface area contributed by atoms with Gasteiger partial charge in [0, 0.05) is 24.4 Å². The fraction of sp³-hybridized carbons (Fsp3) is 0.545. The molecule has 2 fully saturated rings. The second-order valence-electron chi connectivity index (χ2n) is 8.42. The first-order chi connectivity index (χ1) is 13.9. The Hall–Kier alpha value is -1.99. The molecule has 0 unspecified atom stereocenters. The number of benzene rings is 1. The number of sulfonamides is 1. The van der Waals surface area contributed by atoms with E-state index in [-0.39, 0.29) is 5.91 Å². The lowest BCUT2D eigenvalue weighted by Crippen LogP contribution is -2.50. The molecule has 1 aromatic rings. The Bertz CT molecular complexity index is 938. The van der Waals surface area contributed by atoms with E-state index < -0.39 is 15.6 Å². The Balaban J connectivity index is 1.44. The van der Waals surface area contributed by atoms with Gasteiger partial charge in [-0.05, 0) is 49.8 Å². The number of carbonyl (C=O) groups is 1. The number of rotatable bonds is 4. The molecule has 6 nitrogen and oxygen atoms in total. The van der Waals surface area contributed by atoms with Gasteiger partial charge in [0.2, 0.25) is 10.0 Å². The average molecular weight is 416 g/mol. The fourth-order valence-corrected chi connectivity index (χ4v) is 5.76. The molecule has 0 aromatic heterocycles. The van der Waals surface area contributed by atoms with Crippen molar-refractivity contribution in [1.29, 1.82) is 0 Å². The monoisotopic (exact) mass is 415 g/mol. The van der Waals surface area contributed by atoms with Crippen molar-refractivity contribution in [3.63, 3.8) is 0 Å². The van der Waals surface area contributed by atoms with E-state index in [1.165, 1.54) is 29.0 Å². The van der Waals surface area contributed by atoms with E-state index in [1.54, 1.807) is 6.08 Å². The average Bonchev–Trinajstić information content (AvgIpc) is 3.04. The van der Waals surface area contributed by atoms with Crippen LogP contribution < -0.4 is 5.32 Å². The first-order valence-corrected chi connectivity index (χ1v) is 12.1. The molecule has 1 saturated heterocycles. The highest BCUT2D eigenvalue weighted by molar-refractivity contribution is 7.92. The van der Waals surface area contributed by atoms with Gasteiger partial charge in [-0.2, -0.15) is 4.31 Å². The van der Waals surface area contributed by atoms with E-state index in [4.69, 9.17) is 4.99 Å². The molecule has 0 radical (unpaired) electrons. The van der Waals surface area contributed by atoms with Gasteiger partial charge in [0.05, 0.1) is 0 Å². The highest BCUT2D eigenvalue weighted by Gasteiger charge is 2.48. The van der Waals surface area contributed by atoms with E-state index in [0.717, 1.165) is 29.8 Å². The van der Waals surface area contributed by atoms with Crippen molar-refractivity contribution < 1.29 is 13.2 Å². The lowest BCUT2D eigenvalue weighted by atomic mass is 9.88. The molecule has 4 rings (SSSR count). The van der Waals surface area contributed by atoms with Crippen molar-refractivity contribution >= 4 is 27.8 Å². The van der Waals surface area contributed by atoms with Gasteiger partial charge in [0.25, 0.3) is 5.91 Å². The van der Waals surface area contributed by atoms with Crippen molar-refractivity contribution in [2.75, 3.05) is 13.1 Å². The van der Waals surface area contributed by atoms with Crippen LogP contribution in [-0.2, 0) is 14.8 Å². The topological polar surface area (TPSA) is 78.8 Å². The largest absolute Gasteiger partial charge is 0.312 e. The first-order valence-electron chi connectivity index (χ1n) is 10.5. The molecule has 1 N–H and O–H groups in total. The van der Waals surface area contributed by atoms with Crippen LogP contribution in [-0.4, -0.2) is 43.1 Å². The zero-order valence-electron chi connectivity index (χ0n) is 16.9. The Kier molecular flexibility index (Phi) is 5.62. The molecule has 29 heavy (non-hydrogen) atoms. The summed E-state index contributed by atoms with van der Waals surface area (Å²) in [7, 11) is -3.52. The van der Waals surface area contributed by atoms with Gasteiger partial charge in [-0.15, -0.1) is 0 Å². The molecule has 3 aliphatic rings. The zero-order valence-corrected chi connectivity index (χ0v) is 17.7. The number of amidine groups is 1. The minimum absolute atomic E-state index is 0.0504. The van der Waals surface area contributed by atoms with Crippen molar-refractivity contribution in [3.8, 4) is 0 Å². The smallest absolute Gasteiger partial charge is 0.253 e. The maximum atomic E-state index is 12.8. The Morgan fingerprint density at radius 1 is 1.14 bits per heavy atom. The number of hydrogen-bond acceptors (Lipinski definition) is 4. The Morgan fingerprint density at radius 3 is 2.52 bits per heavy atom. The molecular weight excluding hydrogens is 386 g/mol. The number of hydrogen-bond donors (Lipinski definition) is 1. The van der Waals surface area contributed by atoms with Crippen LogP contribution in [0.1, 0.15) is 56.1 Å². The number of nitrogens with one attached hydrogen (secondary N) is 1. The maximum Gasteiger partial charge on any atom is 0.253 e. The van der Waals surface area contributed by atoms with Gasteiger partial charge >= 0.3 is 0 Å². The van der Waals surface area contributed by atoms with E-state index >= 15 is 0 Å². The quantitative estimate of drug-likeness (QED) is 0.820. The highest BCUT2D eigenvalue weighted by atomic mass is 32.2. The molecule has 1 amide bonds. The van der Waals surface area contributed by atoms with Crippen molar-refractivity contribution in [3.05, 3.63) is 40.8 Å². The van der Waals surface area contributed by atoms with E-state index in [2.05, 4.69) is 5.32 Å². The van der Waals surface area contributed by atoms with E-state index in [1.807, 2.05) is 31.2 Å². The number of aliphatic imine (C=N–C) groups is 1. The summed E-state index contributed by atoms with van der Waals surface area (Å²) in [5.74, 6) is 1.14. The lowest BCUT2D eigenvalue weighted by Gasteiger charge is -2.34. The van der Waals surface area contributed by atoms with Gasteiger partial charge < -0.3 is 5.32 Å². The van der Waals surface area contributed by atoms with Crippen LogP contribution in [0.2, 0.25) is 0 Å². The molecule has 1 saturated carbocycles. The SMILES string of the molecule is Cc1ccccc1/C=C/S(=O)(=O)N1CCC2(CC1)N=C(C1CCCCC1)NC2=O. The molecule has 1 aliphatic carbocycles. The van der Waals surface area contributed by atoms with Crippen molar-refractivity contribution in [2.45, 2.75) is 57.4 Å². The van der Waals surface area contributed by atoms with Crippen LogP contribution in [0.15, 0.2) is 34.7 Å². The van der Waals surface area contributed by atoms with Crippen LogP contribution in [0.3, 0.4) is 0 Å². The number of aryl methyl sites for hydroxylation is 1. The summed E-state index contributed by atoms with van der Waals surface area (Å²) in [4.78, 5) is 17.5. The Labute approximate surface area is 173 Å². The molecule has 156 valence electrons. The molecule has 2 heterocycles. The molecule has 0 atom stereocenters. The minimum Gasteiger partial charge on any atom is -0.312 e. The van der Waals surface area contributed by atoms with Crippen LogP contribution >= 0.6 is 0 Å². The third kappa shape index (κ3) is 4.16. The number of nitrogens with zero attached hydrogens (tertiary/aromatic N) is 2. The van der Waals surface area contributed by atoms with Crippen molar-refractivity contribution in [1.82, 2.24) is 9.62 Å². The third-order valence-corrected chi connectivity index (χ3v) is 8.07. The summed E-state index contributed by atoms with van der Waals surface area (Å²) < 4.78 is 27.0. The second-order valence-corrected chi connectivity index (χ2v) is 10.2. The number of carbonyl (C=O) groups excluding carboxylic acids is 1. The summed E-state index contributed by atoms with van der Waals surface area (Å²) in [6, 6.07) is 7.68. The van der Waals surface area contributed by atoms with Crippen LogP contribution in [0.4, 0.5) is 0 Å². The first kappa shape index (κ1) is 20.3. The van der Waals surface area contributed by atoms with Gasteiger partial charge in [-0.3, -0.25) is 9.79 Å². The molecule has 2 aliphatic heterocycles. The normalized spacial score (nSPS) is 23.5. The van der Waals surface area contributed by atoms with E-state index in [0.29, 0.717) is 31.8 Å². The number of piperidine rings is 1. The predicted molar refractivity (Wildman–Crippen MR) is 115 cm³/mol. The number of amides is 1. The van der Waals surface area contributed by atoms with Crippen LogP contribution in [0, 0.1) is 12.8 Å². The standard InChI is InChI=1S/C22H29N3O3S/c1-17-7-5-6-8-18(17)11-16-29(27,28)25-14-12-22(13-15-25)21(26)23-20(24-22)19-9-3-2-4-10-19/h5-8,11,16,19H,2-4,9-10,12-15H2,1H3,(H,23,24,26)/b16-11+. The minimum atomic E-state index is -3.52. The summed E-state index contributed by atoms with van der Waals surface area (Å²) in [5, 5.41) is 4.30.